The molecule has 0 saturated carbocycles. The molecule has 4 nitrogen and oxygen atoms in total. The third kappa shape index (κ3) is 2.15. The number of nitrogen functional groups attached to an aromatic ring is 1. The molecule has 1 heterocycles. The Balaban J connectivity index is 3.42. The fraction of sp³-hybridized carbons (Fsp3) is 0.250. The van der Waals surface area contributed by atoms with Crippen LogP contribution >= 0.6 is 11.6 Å². The average molecular weight is 237 g/mol. The molecule has 1 aromatic rings. The number of methoxy groups -OCH3 is 1. The van der Waals surface area contributed by atoms with Gasteiger partial charge in [-0.05, 0) is 11.6 Å². The van der Waals surface area contributed by atoms with Crippen LogP contribution in [-0.4, -0.2) is 17.3 Å². The lowest BCUT2D eigenvalue weighted by Gasteiger charge is -2.10. The highest BCUT2D eigenvalue weighted by atomic mass is 35.5. The van der Waals surface area contributed by atoms with Gasteiger partial charge in [0.2, 0.25) is 0 Å². The molecule has 0 fully saturated rings. The number of hydrogen-bond acceptors (Lipinski definition) is 4. The van der Waals surface area contributed by atoms with Crippen LogP contribution in [0.1, 0.15) is 22.5 Å². The summed E-state index contributed by atoms with van der Waals surface area (Å²) in [5.74, 6) is -0.0306. The lowest BCUT2D eigenvalue weighted by atomic mass is 10.2. The van der Waals surface area contributed by atoms with Crippen molar-refractivity contribution in [2.45, 2.75) is 6.43 Å². The highest BCUT2D eigenvalue weighted by Crippen LogP contribution is 2.32. The Bertz CT molecular complexity index is 398. The second-order valence-corrected chi connectivity index (χ2v) is 2.92. The largest absolute Gasteiger partial charge is 0.494 e. The maximum atomic E-state index is 12.4. The van der Waals surface area contributed by atoms with Crippen LogP contribution in [0.4, 0.5) is 14.5 Å². The molecule has 1 aromatic heterocycles. The van der Waals surface area contributed by atoms with E-state index in [1.165, 1.54) is 7.11 Å². The summed E-state index contributed by atoms with van der Waals surface area (Å²) >= 11 is 5.20. The summed E-state index contributed by atoms with van der Waals surface area (Å²) in [4.78, 5) is 14.3. The number of anilines is 1. The third-order valence-electron chi connectivity index (χ3n) is 1.74. The number of aromatic nitrogens is 1. The molecule has 1 rings (SSSR count). The summed E-state index contributed by atoms with van der Waals surface area (Å²) in [5.41, 5.74) is 3.91. The van der Waals surface area contributed by atoms with Crippen LogP contribution in [0.2, 0.25) is 0 Å². The van der Waals surface area contributed by atoms with E-state index < -0.39 is 23.0 Å². The fourth-order valence-corrected chi connectivity index (χ4v) is 1.25. The van der Waals surface area contributed by atoms with E-state index in [4.69, 9.17) is 22.1 Å². The SMILES string of the molecule is COc1cnc(C(F)F)c(N)c1C(=O)Cl. The molecule has 0 amide bonds. The maximum absolute atomic E-state index is 12.4. The molecule has 0 aliphatic rings. The normalized spacial score (nSPS) is 10.5. The number of ether oxygens (including phenoxy) is 1. The number of pyridine rings is 1. The minimum absolute atomic E-state index is 0.0306. The molecular formula is C8H7ClF2N2O2. The van der Waals surface area contributed by atoms with E-state index in [0.717, 1.165) is 6.20 Å². The van der Waals surface area contributed by atoms with Gasteiger partial charge >= 0.3 is 0 Å². The Hall–Kier alpha value is -1.43. The number of hydrogen-bond donors (Lipinski definition) is 1. The lowest BCUT2D eigenvalue weighted by molar-refractivity contribution is 0.107. The molecule has 0 spiro atoms. The van der Waals surface area contributed by atoms with Gasteiger partial charge in [0.15, 0.2) is 5.75 Å². The molecule has 0 aliphatic carbocycles. The first kappa shape index (κ1) is 11.6. The molecule has 0 unspecified atom stereocenters. The van der Waals surface area contributed by atoms with Crippen molar-refractivity contribution in [2.24, 2.45) is 0 Å². The lowest BCUT2D eigenvalue weighted by Crippen LogP contribution is -2.07. The molecule has 0 aromatic carbocycles. The molecule has 0 atom stereocenters. The Morgan fingerprint density at radius 3 is 2.67 bits per heavy atom. The predicted octanol–water partition coefficient (Wildman–Crippen LogP) is 1.99. The first-order valence-electron chi connectivity index (χ1n) is 3.79. The van der Waals surface area contributed by atoms with Gasteiger partial charge in [-0.15, -0.1) is 0 Å². The summed E-state index contributed by atoms with van der Waals surface area (Å²) < 4.78 is 29.5. The monoisotopic (exact) mass is 236 g/mol. The van der Waals surface area contributed by atoms with Gasteiger partial charge in [-0.1, -0.05) is 0 Å². The van der Waals surface area contributed by atoms with Crippen LogP contribution in [0.15, 0.2) is 6.20 Å². The minimum Gasteiger partial charge on any atom is -0.494 e. The van der Waals surface area contributed by atoms with Crippen molar-refractivity contribution in [3.63, 3.8) is 0 Å². The van der Waals surface area contributed by atoms with Gasteiger partial charge in [0, 0.05) is 0 Å². The van der Waals surface area contributed by atoms with Crippen LogP contribution in [-0.2, 0) is 0 Å². The first-order chi connectivity index (χ1) is 6.99. The van der Waals surface area contributed by atoms with Crippen molar-refractivity contribution >= 4 is 22.5 Å². The van der Waals surface area contributed by atoms with Gasteiger partial charge in [-0.25, -0.2) is 13.8 Å². The van der Waals surface area contributed by atoms with Gasteiger partial charge in [0.25, 0.3) is 11.7 Å². The van der Waals surface area contributed by atoms with E-state index in [1.807, 2.05) is 0 Å². The number of carbonyl (C=O) groups excluding carboxylic acids is 1. The van der Waals surface area contributed by atoms with Crippen LogP contribution in [0.5, 0.6) is 5.75 Å². The second kappa shape index (κ2) is 4.39. The predicted molar refractivity (Wildman–Crippen MR) is 50.3 cm³/mol. The standard InChI is InChI=1S/C8H7ClF2N2O2/c1-15-3-2-13-6(8(10)11)5(12)4(3)7(9)14/h2,8H,12H2,1H3. The number of rotatable bonds is 3. The Morgan fingerprint density at radius 1 is 1.67 bits per heavy atom. The van der Waals surface area contributed by atoms with Crippen LogP contribution < -0.4 is 10.5 Å². The molecule has 0 saturated heterocycles. The highest BCUT2D eigenvalue weighted by Gasteiger charge is 2.22. The van der Waals surface area contributed by atoms with E-state index in [1.54, 1.807) is 0 Å². The molecule has 15 heavy (non-hydrogen) atoms. The first-order valence-corrected chi connectivity index (χ1v) is 4.17. The molecule has 0 radical (unpaired) electrons. The van der Waals surface area contributed by atoms with Crippen molar-refractivity contribution in [1.29, 1.82) is 0 Å². The van der Waals surface area contributed by atoms with Gasteiger partial charge in [0.05, 0.1) is 19.0 Å². The van der Waals surface area contributed by atoms with E-state index in [-0.39, 0.29) is 11.3 Å². The maximum Gasteiger partial charge on any atom is 0.282 e. The Kier molecular flexibility index (Phi) is 3.41. The van der Waals surface area contributed by atoms with Gasteiger partial charge in [0.1, 0.15) is 11.3 Å². The van der Waals surface area contributed by atoms with E-state index in [2.05, 4.69) is 4.98 Å². The Labute approximate surface area is 89.0 Å². The number of carbonyl (C=O) groups is 1. The van der Waals surface area contributed by atoms with Crippen molar-refractivity contribution in [2.75, 3.05) is 12.8 Å². The highest BCUT2D eigenvalue weighted by molar-refractivity contribution is 6.68. The summed E-state index contributed by atoms with van der Waals surface area (Å²) in [6.07, 6.45) is -1.89. The zero-order valence-electron chi connectivity index (χ0n) is 7.63. The molecular weight excluding hydrogens is 230 g/mol. The Morgan fingerprint density at radius 2 is 2.27 bits per heavy atom. The van der Waals surface area contributed by atoms with E-state index >= 15 is 0 Å². The van der Waals surface area contributed by atoms with Gasteiger partial charge in [-0.3, -0.25) is 4.79 Å². The van der Waals surface area contributed by atoms with Crippen LogP contribution in [0.25, 0.3) is 0 Å². The van der Waals surface area contributed by atoms with Gasteiger partial charge < -0.3 is 10.5 Å². The minimum atomic E-state index is -2.87. The summed E-state index contributed by atoms with van der Waals surface area (Å²) in [5, 5.41) is -0.964. The van der Waals surface area contributed by atoms with Crippen molar-refractivity contribution in [3.8, 4) is 5.75 Å². The smallest absolute Gasteiger partial charge is 0.282 e. The van der Waals surface area contributed by atoms with Crippen LogP contribution in [0.3, 0.4) is 0 Å². The molecule has 7 heteroatoms. The third-order valence-corrected chi connectivity index (χ3v) is 1.92. The zero-order valence-corrected chi connectivity index (χ0v) is 8.39. The van der Waals surface area contributed by atoms with Crippen LogP contribution in [0, 0.1) is 0 Å². The van der Waals surface area contributed by atoms with Gasteiger partial charge in [-0.2, -0.15) is 0 Å². The quantitative estimate of drug-likeness (QED) is 0.815. The number of nitrogens with two attached hydrogens (primary N) is 1. The number of alkyl halides is 2. The van der Waals surface area contributed by atoms with Crippen molar-refractivity contribution < 1.29 is 18.3 Å². The number of halogens is 3. The second-order valence-electron chi connectivity index (χ2n) is 2.57. The summed E-state index contributed by atoms with van der Waals surface area (Å²) in [7, 11) is 1.25. The fourth-order valence-electron chi connectivity index (χ4n) is 1.05. The summed E-state index contributed by atoms with van der Waals surface area (Å²) in [6.45, 7) is 0. The van der Waals surface area contributed by atoms with E-state index in [0.29, 0.717) is 0 Å². The molecule has 82 valence electrons. The van der Waals surface area contributed by atoms with E-state index in [9.17, 15) is 13.6 Å². The van der Waals surface area contributed by atoms with Crippen molar-refractivity contribution in [3.05, 3.63) is 17.5 Å². The van der Waals surface area contributed by atoms with Crippen molar-refractivity contribution in [1.82, 2.24) is 4.98 Å². The topological polar surface area (TPSA) is 65.2 Å². The molecule has 2 N–H and O–H groups in total. The molecule has 0 bridgehead atoms. The average Bonchev–Trinajstić information content (AvgIpc) is 2.15. The number of nitrogens with zero attached hydrogens (tertiary/aromatic N) is 1. The molecule has 0 aliphatic heterocycles. The zero-order chi connectivity index (χ0) is 11.6. The summed E-state index contributed by atoms with van der Waals surface area (Å²) in [6, 6.07) is 0.